The second kappa shape index (κ2) is 21.4. The number of methoxy groups -OCH3 is 1. The van der Waals surface area contributed by atoms with Crippen molar-refractivity contribution in [1.82, 2.24) is 24.5 Å². The summed E-state index contributed by atoms with van der Waals surface area (Å²) >= 11 is 0. The number of pyridine rings is 1. The molecule has 3 saturated carbocycles. The maximum atomic E-state index is 14.1. The molecule has 5 fully saturated rings. The first-order valence-corrected chi connectivity index (χ1v) is 29.1. The van der Waals surface area contributed by atoms with Crippen LogP contribution in [0, 0.1) is 21.4 Å². The Bertz CT molecular complexity index is 3220. The van der Waals surface area contributed by atoms with E-state index in [2.05, 4.69) is 97.1 Å². The van der Waals surface area contributed by atoms with Crippen molar-refractivity contribution in [2.24, 2.45) is 11.3 Å². The van der Waals surface area contributed by atoms with E-state index in [1.54, 1.807) is 37.7 Å². The number of ether oxygens (including phenoxy) is 2. The molecule has 4 heterocycles. The molecule has 0 radical (unpaired) electrons. The Morgan fingerprint density at radius 1 is 0.909 bits per heavy atom. The summed E-state index contributed by atoms with van der Waals surface area (Å²) in [4.78, 5) is 40.8. The standard InChI is InChI=1S/C60H72N8O8S/c1-39(2)50-7-5-6-8-51(50)55-38-66(45-29-43(30-45)41-9-12-47(75-4)13-10-41)27-28-67(55)46-34-60(35-46)22-25-65(26-23-60)44-11-15-52(56(32-44)76-48-31-42-19-24-61-57(42)63-37-48)58(69)64-77(73,74)49-14-16-53(54(33-49)68(71)72)62-36-40-17-20-59(3,70)21-18-40/h5-16,19,24,31-33,37,39-40,43,45-46,55,62,70H,17-18,20-23,25-30,34-36,38H2,1-4H3,(H,61,63)(H,64,69)/t40-,43?,45?,55?,59-. The van der Waals surface area contributed by atoms with Crippen molar-refractivity contribution in [2.45, 2.75) is 125 Å². The maximum absolute atomic E-state index is 14.1. The van der Waals surface area contributed by atoms with Gasteiger partial charge in [-0.25, -0.2) is 18.1 Å². The Morgan fingerprint density at radius 2 is 1.66 bits per heavy atom. The number of carbonyl (C=O) groups excluding carboxylic acids is 1. The number of benzene rings is 4. The number of rotatable bonds is 16. The molecular formula is C60H72N8O8S. The van der Waals surface area contributed by atoms with Crippen LogP contribution in [0.2, 0.25) is 0 Å². The third-order valence-electron chi connectivity index (χ3n) is 17.9. The number of sulfonamides is 1. The molecule has 1 unspecified atom stereocenters. The predicted molar refractivity (Wildman–Crippen MR) is 299 cm³/mol. The average Bonchev–Trinajstić information content (AvgIpc) is 3.88. The fraction of sp³-hybridized carbons (Fsp3) is 0.467. The number of piperidine rings is 1. The largest absolute Gasteiger partial charge is 0.497 e. The van der Waals surface area contributed by atoms with E-state index in [9.17, 15) is 28.4 Å². The van der Waals surface area contributed by atoms with Gasteiger partial charge < -0.3 is 29.8 Å². The summed E-state index contributed by atoms with van der Waals surface area (Å²) in [7, 11) is -2.87. The minimum atomic E-state index is -4.59. The Morgan fingerprint density at radius 3 is 2.39 bits per heavy atom. The van der Waals surface area contributed by atoms with Gasteiger partial charge in [-0.3, -0.25) is 24.7 Å². The summed E-state index contributed by atoms with van der Waals surface area (Å²) < 4.78 is 41.8. The van der Waals surface area contributed by atoms with Gasteiger partial charge in [-0.2, -0.15) is 0 Å². The highest BCUT2D eigenvalue weighted by atomic mass is 32.2. The number of carbonyl (C=O) groups is 1. The molecule has 77 heavy (non-hydrogen) atoms. The molecule has 1 amide bonds. The number of anilines is 2. The van der Waals surface area contributed by atoms with Gasteiger partial charge in [0.05, 0.1) is 34.3 Å². The number of nitro groups is 1. The van der Waals surface area contributed by atoms with Crippen molar-refractivity contribution in [3.05, 3.63) is 142 Å². The average molecular weight is 1070 g/mol. The number of aromatic nitrogens is 2. The zero-order valence-corrected chi connectivity index (χ0v) is 45.4. The highest BCUT2D eigenvalue weighted by Gasteiger charge is 2.51. The molecule has 4 aromatic carbocycles. The smallest absolute Gasteiger partial charge is 0.293 e. The molecule has 0 bridgehead atoms. The Balaban J connectivity index is 0.767. The van der Waals surface area contributed by atoms with Crippen LogP contribution in [0.15, 0.2) is 114 Å². The number of H-pyrrole nitrogens is 1. The van der Waals surface area contributed by atoms with E-state index >= 15 is 0 Å². The Hall–Kier alpha value is -6.53. The summed E-state index contributed by atoms with van der Waals surface area (Å²) in [5.41, 5.74) is 5.09. The minimum Gasteiger partial charge on any atom is -0.497 e. The fourth-order valence-electron chi connectivity index (χ4n) is 13.1. The maximum Gasteiger partial charge on any atom is 0.293 e. The highest BCUT2D eigenvalue weighted by molar-refractivity contribution is 7.90. The first-order valence-electron chi connectivity index (χ1n) is 27.6. The Labute approximate surface area is 451 Å². The van der Waals surface area contributed by atoms with Crippen molar-refractivity contribution < 1.29 is 32.7 Å². The van der Waals surface area contributed by atoms with E-state index < -0.39 is 37.0 Å². The number of hydrogen-bond donors (Lipinski definition) is 4. The topological polar surface area (TPSA) is 195 Å². The molecule has 6 aromatic rings. The molecular weight excluding hydrogens is 993 g/mol. The molecule has 5 aliphatic rings. The number of nitro benzene ring substituents is 1. The lowest BCUT2D eigenvalue weighted by Gasteiger charge is -2.59. The SMILES string of the molecule is COc1ccc(C2CC(N3CCN(C4CC5(CCN(c6ccc(C(=O)NS(=O)(=O)c7ccc(NC[C@H]8CC[C@](C)(O)CC8)c([N+](=O)[O-])c7)c(Oc7cnc8[nH]ccc8c7)c6)CC5)C4)C(c4ccccc4C(C)C)C3)C2)cc1. The third-order valence-corrected chi connectivity index (χ3v) is 19.3. The first-order chi connectivity index (χ1) is 37.0. The van der Waals surface area contributed by atoms with E-state index in [4.69, 9.17) is 9.47 Å². The number of fused-ring (bicyclic) bond motifs is 1. The highest BCUT2D eigenvalue weighted by Crippen LogP contribution is 2.54. The molecule has 2 aromatic heterocycles. The van der Waals surface area contributed by atoms with Crippen molar-refractivity contribution in [1.29, 1.82) is 0 Å². The zero-order valence-electron chi connectivity index (χ0n) is 44.6. The van der Waals surface area contributed by atoms with E-state index in [-0.39, 0.29) is 28.3 Å². The number of aromatic amines is 1. The third kappa shape index (κ3) is 11.1. The molecule has 16 nitrogen and oxygen atoms in total. The van der Waals surface area contributed by atoms with Gasteiger partial charge in [0.1, 0.15) is 28.6 Å². The molecule has 2 saturated heterocycles. The number of piperazine rings is 1. The predicted octanol–water partition coefficient (Wildman–Crippen LogP) is 10.9. The number of aliphatic hydroxyl groups is 1. The van der Waals surface area contributed by atoms with Gasteiger partial charge in [-0.15, -0.1) is 0 Å². The van der Waals surface area contributed by atoms with Crippen LogP contribution in [-0.2, 0) is 10.0 Å². The second-order valence-electron chi connectivity index (χ2n) is 23.2. The Kier molecular flexibility index (Phi) is 14.6. The van der Waals surface area contributed by atoms with Crippen LogP contribution in [0.1, 0.15) is 130 Å². The molecule has 1 atom stereocenters. The minimum absolute atomic E-state index is 0.0240. The van der Waals surface area contributed by atoms with Crippen LogP contribution in [0.25, 0.3) is 11.0 Å². The van der Waals surface area contributed by atoms with E-state index in [0.29, 0.717) is 60.7 Å². The summed E-state index contributed by atoms with van der Waals surface area (Å²) in [5.74, 6) is 1.69. The van der Waals surface area contributed by atoms with Crippen LogP contribution in [0.4, 0.5) is 17.1 Å². The molecule has 2 aliphatic heterocycles. The molecule has 17 heteroatoms. The lowest BCUT2D eigenvalue weighted by atomic mass is 9.59. The summed E-state index contributed by atoms with van der Waals surface area (Å²) in [5, 5.41) is 26.5. The number of nitrogens with zero attached hydrogens (tertiary/aromatic N) is 5. The van der Waals surface area contributed by atoms with Gasteiger partial charge in [0, 0.05) is 86.8 Å². The summed E-state index contributed by atoms with van der Waals surface area (Å²) in [6, 6.07) is 31.6. The lowest BCUT2D eigenvalue weighted by molar-refractivity contribution is -0.384. The van der Waals surface area contributed by atoms with E-state index in [1.165, 1.54) is 41.7 Å². The first kappa shape index (κ1) is 52.5. The van der Waals surface area contributed by atoms with Gasteiger partial charge in [0.2, 0.25) is 0 Å². The van der Waals surface area contributed by atoms with Crippen LogP contribution in [-0.4, -0.2) is 108 Å². The number of nitrogens with one attached hydrogen (secondary N) is 3. The van der Waals surface area contributed by atoms with E-state index in [1.807, 2.05) is 19.1 Å². The molecule has 4 N–H and O–H groups in total. The van der Waals surface area contributed by atoms with Crippen molar-refractivity contribution in [3.63, 3.8) is 0 Å². The molecule has 3 aliphatic carbocycles. The number of amides is 1. The normalized spacial score (nSPS) is 24.1. The van der Waals surface area contributed by atoms with Crippen molar-refractivity contribution >= 4 is 44.0 Å². The van der Waals surface area contributed by atoms with E-state index in [0.717, 1.165) is 94.1 Å². The quantitative estimate of drug-likeness (QED) is 0.0528. The van der Waals surface area contributed by atoms with Crippen LogP contribution < -0.4 is 24.4 Å². The summed E-state index contributed by atoms with van der Waals surface area (Å²) in [6.45, 7) is 11.7. The van der Waals surface area contributed by atoms with Crippen molar-refractivity contribution in [3.8, 4) is 17.2 Å². The van der Waals surface area contributed by atoms with Gasteiger partial charge in [0.15, 0.2) is 0 Å². The van der Waals surface area contributed by atoms with Gasteiger partial charge in [-0.1, -0.05) is 50.2 Å². The fourth-order valence-corrected chi connectivity index (χ4v) is 14.1. The lowest BCUT2D eigenvalue weighted by Crippen LogP contribution is -2.61. The van der Waals surface area contributed by atoms with Crippen molar-refractivity contribution in [2.75, 3.05) is 56.6 Å². The van der Waals surface area contributed by atoms with Gasteiger partial charge in [0.25, 0.3) is 21.6 Å². The molecule has 11 rings (SSSR count). The second-order valence-corrected chi connectivity index (χ2v) is 24.9. The van der Waals surface area contributed by atoms with Gasteiger partial charge in [-0.05, 0) is 160 Å². The summed E-state index contributed by atoms with van der Waals surface area (Å²) in [6.07, 6.45) is 12.9. The monoisotopic (exact) mass is 1060 g/mol. The molecule has 406 valence electrons. The van der Waals surface area contributed by atoms with Crippen LogP contribution in [0.5, 0.6) is 17.2 Å². The zero-order chi connectivity index (χ0) is 53.6. The van der Waals surface area contributed by atoms with Gasteiger partial charge >= 0.3 is 0 Å². The van der Waals surface area contributed by atoms with Crippen LogP contribution >= 0.6 is 0 Å². The molecule has 1 spiro atoms. The number of hydrogen-bond acceptors (Lipinski definition) is 13. The van der Waals surface area contributed by atoms with Crippen LogP contribution in [0.3, 0.4) is 0 Å².